The maximum Gasteiger partial charge on any atom is 0.514 e. The summed E-state index contributed by atoms with van der Waals surface area (Å²) in [5, 5.41) is 48.1. The van der Waals surface area contributed by atoms with Gasteiger partial charge in [0.05, 0.1) is 0 Å². The van der Waals surface area contributed by atoms with Gasteiger partial charge in [0.25, 0.3) is 0 Å². The summed E-state index contributed by atoms with van der Waals surface area (Å²) in [5.74, 6) is -3.27. The minimum absolute atomic E-state index is 0.00435. The first-order valence-electron chi connectivity index (χ1n) is 20.9. The van der Waals surface area contributed by atoms with E-state index in [4.69, 9.17) is 23.7 Å². The Morgan fingerprint density at radius 2 is 1.37 bits per heavy atom. The SMILES string of the molecule is CC(C)[C@H](NC(=O)[C@H](Cc1ccccc1)NC(=O)[C@@H]1CCCN1C(=O)[C@H](Cc1ccc(OC(=O)OC(C)(C)C)cc1)NC(=O)OC(C)(C)C)C(=O)OC[C@H]1O[C@H](O)[C@H](O)[C@@H](O)[C@@H]1O. The van der Waals surface area contributed by atoms with Crippen LogP contribution in [0.25, 0.3) is 0 Å². The lowest BCUT2D eigenvalue weighted by atomic mass is 9.99. The molecule has 2 aromatic carbocycles. The van der Waals surface area contributed by atoms with E-state index in [-0.39, 0.29) is 31.6 Å². The molecule has 0 bridgehead atoms. The van der Waals surface area contributed by atoms with Gasteiger partial charge < -0.3 is 65.0 Å². The minimum atomic E-state index is -1.85. The molecule has 0 aliphatic carbocycles. The van der Waals surface area contributed by atoms with Crippen molar-refractivity contribution >= 4 is 35.9 Å². The molecule has 348 valence electrons. The van der Waals surface area contributed by atoms with Gasteiger partial charge in [-0.05, 0) is 83.6 Å². The molecule has 4 amide bonds. The van der Waals surface area contributed by atoms with Crippen LogP contribution >= 0.6 is 0 Å². The van der Waals surface area contributed by atoms with E-state index in [2.05, 4.69) is 16.0 Å². The van der Waals surface area contributed by atoms with Gasteiger partial charge in [0.2, 0.25) is 17.7 Å². The second kappa shape index (κ2) is 21.8. The molecule has 2 aromatic rings. The van der Waals surface area contributed by atoms with Crippen molar-refractivity contribution in [1.29, 1.82) is 0 Å². The number of rotatable bonds is 15. The Bertz CT molecular complexity index is 1880. The predicted molar refractivity (Wildman–Crippen MR) is 224 cm³/mol. The number of esters is 1. The fourth-order valence-corrected chi connectivity index (χ4v) is 6.85. The lowest BCUT2D eigenvalue weighted by molar-refractivity contribution is -0.287. The molecule has 9 atom stereocenters. The molecule has 2 heterocycles. The number of hydrogen-bond acceptors (Lipinski definition) is 15. The molecule has 0 radical (unpaired) electrons. The summed E-state index contributed by atoms with van der Waals surface area (Å²) >= 11 is 0. The van der Waals surface area contributed by atoms with Crippen LogP contribution in [0.15, 0.2) is 54.6 Å². The fourth-order valence-electron chi connectivity index (χ4n) is 6.85. The van der Waals surface area contributed by atoms with Crippen molar-refractivity contribution in [2.24, 2.45) is 5.92 Å². The number of amides is 4. The standard InChI is InChI=1S/C44H62N4O15/c1-24(2)32(39(55)59-23-31-33(49)34(50)35(51)40(56)61-31)47-36(52)28(21-25-13-10-9-11-14-25)45-37(53)30-15-12-20-48(30)38(54)29(46-41(57)62-43(3,4)5)22-26-16-18-27(19-17-26)60-42(58)63-44(6,7)8/h9-11,13-14,16-19,24,28-35,40,49-51,56H,12,15,20-23H2,1-8H3,(H,45,53)(H,46,57)(H,47,52)/t28-,29-,30-,31+,32-,33+,34-,35+,40-/m0/s1. The Kier molecular flexibility index (Phi) is 17.4. The molecule has 0 aromatic heterocycles. The van der Waals surface area contributed by atoms with Crippen LogP contribution in [0, 0.1) is 5.92 Å². The van der Waals surface area contributed by atoms with Crippen LogP contribution in [-0.2, 0) is 51.0 Å². The summed E-state index contributed by atoms with van der Waals surface area (Å²) in [5.41, 5.74) is -0.407. The van der Waals surface area contributed by atoms with E-state index in [1.807, 2.05) is 0 Å². The van der Waals surface area contributed by atoms with Crippen LogP contribution in [0.1, 0.15) is 79.4 Å². The second-order valence-corrected chi connectivity index (χ2v) is 18.0. The van der Waals surface area contributed by atoms with Gasteiger partial charge in [-0.25, -0.2) is 14.4 Å². The number of aliphatic hydroxyl groups is 4. The number of likely N-dealkylation sites (tertiary alicyclic amines) is 1. The van der Waals surface area contributed by atoms with Crippen molar-refractivity contribution in [3.63, 3.8) is 0 Å². The van der Waals surface area contributed by atoms with E-state index in [1.54, 1.807) is 97.9 Å². The Balaban J connectivity index is 1.51. The third-order valence-corrected chi connectivity index (χ3v) is 9.99. The van der Waals surface area contributed by atoms with Crippen molar-refractivity contribution in [3.05, 3.63) is 65.7 Å². The maximum atomic E-state index is 14.4. The van der Waals surface area contributed by atoms with Crippen LogP contribution in [0.5, 0.6) is 5.75 Å². The highest BCUT2D eigenvalue weighted by Gasteiger charge is 2.44. The van der Waals surface area contributed by atoms with Crippen LogP contribution in [0.3, 0.4) is 0 Å². The molecule has 2 aliphatic heterocycles. The quantitative estimate of drug-likeness (QED) is 0.0762. The molecule has 0 saturated carbocycles. The predicted octanol–water partition coefficient (Wildman–Crippen LogP) is 1.64. The maximum absolute atomic E-state index is 14.4. The van der Waals surface area contributed by atoms with Crippen molar-refractivity contribution in [1.82, 2.24) is 20.9 Å². The summed E-state index contributed by atoms with van der Waals surface area (Å²) in [6.45, 7) is 12.9. The summed E-state index contributed by atoms with van der Waals surface area (Å²) < 4.78 is 26.3. The number of carbonyl (C=O) groups excluding carboxylic acids is 6. The first kappa shape index (κ1) is 50.3. The lowest BCUT2D eigenvalue weighted by Gasteiger charge is -2.38. The second-order valence-electron chi connectivity index (χ2n) is 18.0. The van der Waals surface area contributed by atoms with Crippen LogP contribution in [-0.4, -0.2) is 140 Å². The van der Waals surface area contributed by atoms with Crippen LogP contribution in [0.2, 0.25) is 0 Å². The van der Waals surface area contributed by atoms with E-state index in [9.17, 15) is 49.2 Å². The van der Waals surface area contributed by atoms with E-state index in [0.717, 1.165) is 0 Å². The number of carbonyl (C=O) groups is 6. The average Bonchev–Trinajstić information content (AvgIpc) is 3.69. The first-order valence-corrected chi connectivity index (χ1v) is 20.9. The number of nitrogens with one attached hydrogen (secondary N) is 3. The highest BCUT2D eigenvalue weighted by Crippen LogP contribution is 2.23. The highest BCUT2D eigenvalue weighted by molar-refractivity contribution is 5.95. The van der Waals surface area contributed by atoms with Crippen molar-refractivity contribution in [3.8, 4) is 5.75 Å². The van der Waals surface area contributed by atoms with E-state index < -0.39 is 115 Å². The molecule has 2 saturated heterocycles. The fraction of sp³-hybridized carbons (Fsp3) is 0.591. The van der Waals surface area contributed by atoms with Gasteiger partial charge in [-0.1, -0.05) is 56.3 Å². The molecule has 19 nitrogen and oxygen atoms in total. The lowest BCUT2D eigenvalue weighted by Crippen LogP contribution is -2.59. The number of aliphatic hydroxyl groups excluding tert-OH is 4. The van der Waals surface area contributed by atoms with Gasteiger partial charge in [0.1, 0.15) is 72.1 Å². The van der Waals surface area contributed by atoms with E-state index in [1.165, 1.54) is 17.0 Å². The Morgan fingerprint density at radius 1 is 0.762 bits per heavy atom. The average molecular weight is 887 g/mol. The number of alkyl carbamates (subject to hydrolysis) is 1. The zero-order chi connectivity index (χ0) is 46.8. The third-order valence-electron chi connectivity index (χ3n) is 9.99. The Labute approximate surface area is 366 Å². The topological polar surface area (TPSA) is 269 Å². The molecule has 0 unspecified atom stereocenters. The van der Waals surface area contributed by atoms with Gasteiger partial charge in [-0.15, -0.1) is 0 Å². The number of ether oxygens (including phenoxy) is 5. The monoisotopic (exact) mass is 886 g/mol. The van der Waals surface area contributed by atoms with Gasteiger partial charge >= 0.3 is 18.2 Å². The molecule has 19 heteroatoms. The molecule has 2 aliphatic rings. The first-order chi connectivity index (χ1) is 29.4. The molecular formula is C44H62N4O15. The summed E-state index contributed by atoms with van der Waals surface area (Å²) in [7, 11) is 0. The molecule has 7 N–H and O–H groups in total. The minimum Gasteiger partial charge on any atom is -0.461 e. The van der Waals surface area contributed by atoms with Crippen molar-refractivity contribution in [2.45, 2.75) is 147 Å². The van der Waals surface area contributed by atoms with Crippen molar-refractivity contribution in [2.75, 3.05) is 13.2 Å². The summed E-state index contributed by atoms with van der Waals surface area (Å²) in [6, 6.07) is 10.3. The van der Waals surface area contributed by atoms with Crippen LogP contribution < -0.4 is 20.7 Å². The number of nitrogens with zero attached hydrogens (tertiary/aromatic N) is 1. The molecule has 0 spiro atoms. The Morgan fingerprint density at radius 3 is 1.97 bits per heavy atom. The molecule has 63 heavy (non-hydrogen) atoms. The zero-order valence-electron chi connectivity index (χ0n) is 36.9. The summed E-state index contributed by atoms with van der Waals surface area (Å²) in [4.78, 5) is 82.5. The smallest absolute Gasteiger partial charge is 0.461 e. The van der Waals surface area contributed by atoms with E-state index in [0.29, 0.717) is 17.5 Å². The van der Waals surface area contributed by atoms with Gasteiger partial charge in [0.15, 0.2) is 6.29 Å². The largest absolute Gasteiger partial charge is 0.514 e. The van der Waals surface area contributed by atoms with Crippen LogP contribution in [0.4, 0.5) is 9.59 Å². The van der Waals surface area contributed by atoms with Gasteiger partial charge in [-0.3, -0.25) is 14.4 Å². The normalized spacial score (nSPS) is 22.8. The van der Waals surface area contributed by atoms with Gasteiger partial charge in [0, 0.05) is 19.4 Å². The molecule has 4 rings (SSSR count). The number of benzene rings is 2. The molecule has 2 fully saturated rings. The molecular weight excluding hydrogens is 824 g/mol. The highest BCUT2D eigenvalue weighted by atomic mass is 16.7. The zero-order valence-corrected chi connectivity index (χ0v) is 36.9. The summed E-state index contributed by atoms with van der Waals surface area (Å²) in [6.07, 6.45) is -9.61. The van der Waals surface area contributed by atoms with E-state index >= 15 is 0 Å². The van der Waals surface area contributed by atoms with Gasteiger partial charge in [-0.2, -0.15) is 0 Å². The third kappa shape index (κ3) is 15.2. The Hall–Kier alpha value is -5.34. The van der Waals surface area contributed by atoms with Crippen molar-refractivity contribution < 1.29 is 72.9 Å². The number of hydrogen-bond donors (Lipinski definition) is 7.